The molecule has 2 aromatic heterocycles. The summed E-state index contributed by atoms with van der Waals surface area (Å²) in [5.74, 6) is 0.641. The molecule has 86 valence electrons. The van der Waals surface area contributed by atoms with Crippen LogP contribution in [0.3, 0.4) is 0 Å². The molecule has 0 fully saturated rings. The van der Waals surface area contributed by atoms with Crippen LogP contribution in [-0.2, 0) is 13.6 Å². The minimum Gasteiger partial charge on any atom is -0.324 e. The highest BCUT2D eigenvalue weighted by Gasteiger charge is 2.08. The summed E-state index contributed by atoms with van der Waals surface area (Å²) in [7, 11) is 1.73. The van der Waals surface area contributed by atoms with Crippen molar-refractivity contribution in [2.75, 3.05) is 0 Å². The van der Waals surface area contributed by atoms with Gasteiger partial charge in [-0.1, -0.05) is 6.92 Å². The lowest BCUT2D eigenvalue weighted by atomic mass is 10.1. The second kappa shape index (κ2) is 4.40. The Morgan fingerprint density at radius 1 is 1.50 bits per heavy atom. The van der Waals surface area contributed by atoms with E-state index < -0.39 is 0 Å². The van der Waals surface area contributed by atoms with Gasteiger partial charge < -0.3 is 5.73 Å². The third kappa shape index (κ3) is 2.25. The quantitative estimate of drug-likeness (QED) is 0.776. The maximum Gasteiger partial charge on any atom is 0.196 e. The zero-order chi connectivity index (χ0) is 11.5. The third-order valence-electron chi connectivity index (χ3n) is 2.37. The predicted molar refractivity (Wildman–Crippen MR) is 57.3 cm³/mol. The topological polar surface area (TPSA) is 87.4 Å². The molecule has 2 aromatic rings. The molecule has 0 aliphatic heterocycles. The van der Waals surface area contributed by atoms with E-state index in [1.807, 2.05) is 13.1 Å². The number of aromatic nitrogens is 6. The lowest BCUT2D eigenvalue weighted by molar-refractivity contribution is 0.617. The second-order valence-corrected chi connectivity index (χ2v) is 3.68. The zero-order valence-electron chi connectivity index (χ0n) is 9.41. The summed E-state index contributed by atoms with van der Waals surface area (Å²) >= 11 is 0. The van der Waals surface area contributed by atoms with Crippen molar-refractivity contribution in [3.63, 3.8) is 0 Å². The van der Waals surface area contributed by atoms with E-state index in [4.69, 9.17) is 5.73 Å². The largest absolute Gasteiger partial charge is 0.324 e. The molecule has 0 aliphatic carbocycles. The van der Waals surface area contributed by atoms with E-state index >= 15 is 0 Å². The SMILES string of the molecule is CCC(N)c1cnn(Cc2nnn(C)n2)c1. The van der Waals surface area contributed by atoms with Crippen LogP contribution in [0.5, 0.6) is 0 Å². The molecule has 0 spiro atoms. The molecular formula is C9H15N7. The highest BCUT2D eigenvalue weighted by atomic mass is 15.6. The van der Waals surface area contributed by atoms with Gasteiger partial charge in [-0.25, -0.2) is 0 Å². The number of nitrogens with zero attached hydrogens (tertiary/aromatic N) is 6. The first kappa shape index (κ1) is 10.7. The van der Waals surface area contributed by atoms with Crippen molar-refractivity contribution in [1.82, 2.24) is 30.0 Å². The van der Waals surface area contributed by atoms with Crippen molar-refractivity contribution in [2.45, 2.75) is 25.9 Å². The number of tetrazole rings is 1. The molecule has 1 atom stereocenters. The zero-order valence-corrected chi connectivity index (χ0v) is 9.41. The Hall–Kier alpha value is -1.76. The van der Waals surface area contributed by atoms with Gasteiger partial charge in [0.15, 0.2) is 5.82 Å². The van der Waals surface area contributed by atoms with Crippen LogP contribution in [0.25, 0.3) is 0 Å². The fourth-order valence-corrected chi connectivity index (χ4v) is 1.42. The number of aryl methyl sites for hydroxylation is 1. The molecule has 7 heteroatoms. The van der Waals surface area contributed by atoms with Gasteiger partial charge in [-0.3, -0.25) is 4.68 Å². The molecule has 16 heavy (non-hydrogen) atoms. The van der Waals surface area contributed by atoms with E-state index in [-0.39, 0.29) is 6.04 Å². The van der Waals surface area contributed by atoms with E-state index in [0.29, 0.717) is 12.4 Å². The first-order chi connectivity index (χ1) is 7.69. The standard InChI is InChI=1S/C9H15N7/c1-3-8(10)7-4-11-16(5-7)6-9-12-14-15(2)13-9/h4-5,8H,3,6,10H2,1-2H3. The fourth-order valence-electron chi connectivity index (χ4n) is 1.42. The van der Waals surface area contributed by atoms with Gasteiger partial charge in [-0.15, -0.1) is 10.2 Å². The summed E-state index contributed by atoms with van der Waals surface area (Å²) in [6, 6.07) is 0.0450. The van der Waals surface area contributed by atoms with Crippen molar-refractivity contribution in [1.29, 1.82) is 0 Å². The smallest absolute Gasteiger partial charge is 0.196 e. The van der Waals surface area contributed by atoms with Gasteiger partial charge in [-0.2, -0.15) is 9.90 Å². The molecule has 2 N–H and O–H groups in total. The summed E-state index contributed by atoms with van der Waals surface area (Å²) < 4.78 is 1.77. The lowest BCUT2D eigenvalue weighted by Crippen LogP contribution is -2.07. The highest BCUT2D eigenvalue weighted by Crippen LogP contribution is 2.12. The maximum atomic E-state index is 5.90. The summed E-state index contributed by atoms with van der Waals surface area (Å²) in [5, 5.41) is 15.9. The van der Waals surface area contributed by atoms with Crippen LogP contribution in [0.2, 0.25) is 0 Å². The molecule has 0 bridgehead atoms. The van der Waals surface area contributed by atoms with Gasteiger partial charge in [0.05, 0.1) is 13.2 Å². The highest BCUT2D eigenvalue weighted by molar-refractivity contribution is 5.09. The van der Waals surface area contributed by atoms with E-state index in [1.54, 1.807) is 17.9 Å². The first-order valence-electron chi connectivity index (χ1n) is 5.20. The summed E-state index contributed by atoms with van der Waals surface area (Å²) in [6.07, 6.45) is 4.60. The van der Waals surface area contributed by atoms with Crippen molar-refractivity contribution in [3.05, 3.63) is 23.8 Å². The van der Waals surface area contributed by atoms with E-state index in [2.05, 4.69) is 20.5 Å². The molecule has 0 amide bonds. The van der Waals surface area contributed by atoms with Crippen molar-refractivity contribution in [2.24, 2.45) is 12.8 Å². The van der Waals surface area contributed by atoms with Gasteiger partial charge in [0, 0.05) is 17.8 Å². The summed E-state index contributed by atoms with van der Waals surface area (Å²) in [5.41, 5.74) is 6.94. The van der Waals surface area contributed by atoms with Gasteiger partial charge >= 0.3 is 0 Å². The Morgan fingerprint density at radius 2 is 2.31 bits per heavy atom. The van der Waals surface area contributed by atoms with Crippen molar-refractivity contribution >= 4 is 0 Å². The van der Waals surface area contributed by atoms with Gasteiger partial charge in [0.1, 0.15) is 6.54 Å². The van der Waals surface area contributed by atoms with Crippen LogP contribution >= 0.6 is 0 Å². The van der Waals surface area contributed by atoms with Crippen molar-refractivity contribution < 1.29 is 0 Å². The Kier molecular flexibility index (Phi) is 2.95. The number of nitrogens with two attached hydrogens (primary N) is 1. The maximum absolute atomic E-state index is 5.90. The molecule has 2 rings (SSSR count). The summed E-state index contributed by atoms with van der Waals surface area (Å²) in [4.78, 5) is 1.43. The molecule has 0 radical (unpaired) electrons. The number of rotatable bonds is 4. The Morgan fingerprint density at radius 3 is 2.94 bits per heavy atom. The average Bonchev–Trinajstić information content (AvgIpc) is 2.87. The number of hydrogen-bond donors (Lipinski definition) is 1. The van der Waals surface area contributed by atoms with Crippen LogP contribution in [-0.4, -0.2) is 30.0 Å². The van der Waals surface area contributed by atoms with E-state index in [9.17, 15) is 0 Å². The van der Waals surface area contributed by atoms with Gasteiger partial charge in [0.2, 0.25) is 0 Å². The summed E-state index contributed by atoms with van der Waals surface area (Å²) in [6.45, 7) is 2.57. The van der Waals surface area contributed by atoms with E-state index in [0.717, 1.165) is 12.0 Å². The minimum absolute atomic E-state index is 0.0450. The monoisotopic (exact) mass is 221 g/mol. The van der Waals surface area contributed by atoms with Gasteiger partial charge in [0.25, 0.3) is 0 Å². The minimum atomic E-state index is 0.0450. The van der Waals surface area contributed by atoms with Crippen LogP contribution in [0.4, 0.5) is 0 Å². The second-order valence-electron chi connectivity index (χ2n) is 3.68. The Labute approximate surface area is 93.2 Å². The Balaban J connectivity index is 2.08. The third-order valence-corrected chi connectivity index (χ3v) is 2.37. The van der Waals surface area contributed by atoms with Crippen LogP contribution < -0.4 is 5.73 Å². The lowest BCUT2D eigenvalue weighted by Gasteiger charge is -2.03. The Bertz CT molecular complexity index is 458. The normalized spacial score (nSPS) is 12.9. The molecule has 1 unspecified atom stereocenters. The molecular weight excluding hydrogens is 206 g/mol. The number of hydrogen-bond acceptors (Lipinski definition) is 5. The molecule has 7 nitrogen and oxygen atoms in total. The van der Waals surface area contributed by atoms with Crippen LogP contribution in [0.1, 0.15) is 30.8 Å². The van der Waals surface area contributed by atoms with E-state index in [1.165, 1.54) is 4.80 Å². The molecule has 0 aliphatic rings. The molecule has 2 heterocycles. The van der Waals surface area contributed by atoms with Crippen LogP contribution in [0, 0.1) is 0 Å². The predicted octanol–water partition coefficient (Wildman–Crippen LogP) is -0.135. The van der Waals surface area contributed by atoms with Crippen molar-refractivity contribution in [3.8, 4) is 0 Å². The molecule has 0 aromatic carbocycles. The fraction of sp³-hybridized carbons (Fsp3) is 0.556. The molecule has 0 saturated heterocycles. The molecule has 0 saturated carbocycles. The van der Waals surface area contributed by atoms with Crippen LogP contribution in [0.15, 0.2) is 12.4 Å². The van der Waals surface area contributed by atoms with Gasteiger partial charge in [-0.05, 0) is 11.6 Å². The first-order valence-corrected chi connectivity index (χ1v) is 5.20. The average molecular weight is 221 g/mol.